The lowest BCUT2D eigenvalue weighted by Crippen LogP contribution is -1.98. The van der Waals surface area contributed by atoms with Crippen LogP contribution in [0.5, 0.6) is 0 Å². The van der Waals surface area contributed by atoms with Gasteiger partial charge in [-0.15, -0.1) is 0 Å². The summed E-state index contributed by atoms with van der Waals surface area (Å²) in [6, 6.07) is 8.60. The Kier molecular flexibility index (Phi) is 4.47. The zero-order valence-corrected chi connectivity index (χ0v) is 9.30. The lowest BCUT2D eigenvalue weighted by Gasteiger charge is -1.98. The van der Waals surface area contributed by atoms with Gasteiger partial charge in [-0.3, -0.25) is 0 Å². The maximum atomic E-state index is 11.1. The molecule has 0 saturated heterocycles. The standard InChI is InChI=1S/C13H10N2O2/c1-2-17-13(16)6-5-11-4-3-10(8-14)7-12(11)9-15/h3-7H,2H2,1H3/b6-5+. The lowest BCUT2D eigenvalue weighted by atomic mass is 10.0. The Labute approximate surface area is 99.4 Å². The first kappa shape index (κ1) is 12.5. The normalized spacial score (nSPS) is 9.59. The molecule has 0 aromatic heterocycles. The number of hydrogen-bond acceptors (Lipinski definition) is 4. The maximum Gasteiger partial charge on any atom is 0.330 e. The highest BCUT2D eigenvalue weighted by Gasteiger charge is 2.01. The van der Waals surface area contributed by atoms with Gasteiger partial charge >= 0.3 is 5.97 Å². The van der Waals surface area contributed by atoms with Crippen molar-refractivity contribution in [3.8, 4) is 12.1 Å². The summed E-state index contributed by atoms with van der Waals surface area (Å²) in [7, 11) is 0. The molecular weight excluding hydrogens is 216 g/mol. The predicted octanol–water partition coefficient (Wildman–Crippen LogP) is 2.01. The molecule has 0 aliphatic carbocycles. The molecule has 0 amide bonds. The van der Waals surface area contributed by atoms with Gasteiger partial charge in [0.05, 0.1) is 29.9 Å². The summed E-state index contributed by atoms with van der Waals surface area (Å²) in [4.78, 5) is 11.1. The van der Waals surface area contributed by atoms with Crippen LogP contribution in [0.15, 0.2) is 24.3 Å². The summed E-state index contributed by atoms with van der Waals surface area (Å²) < 4.78 is 4.72. The molecule has 0 saturated carbocycles. The molecule has 0 N–H and O–H groups in total. The van der Waals surface area contributed by atoms with Crippen LogP contribution in [0.2, 0.25) is 0 Å². The highest BCUT2D eigenvalue weighted by molar-refractivity contribution is 5.87. The van der Waals surface area contributed by atoms with E-state index in [0.29, 0.717) is 23.3 Å². The molecule has 1 aromatic rings. The number of nitriles is 2. The SMILES string of the molecule is CCOC(=O)/C=C/c1ccc(C#N)cc1C#N. The summed E-state index contributed by atoms with van der Waals surface area (Å²) in [5.41, 5.74) is 1.35. The second kappa shape index (κ2) is 6.09. The van der Waals surface area contributed by atoms with E-state index in [4.69, 9.17) is 15.3 Å². The average Bonchev–Trinajstić information content (AvgIpc) is 2.36. The minimum Gasteiger partial charge on any atom is -0.463 e. The molecule has 17 heavy (non-hydrogen) atoms. The van der Waals surface area contributed by atoms with Gasteiger partial charge in [0.1, 0.15) is 0 Å². The quantitative estimate of drug-likeness (QED) is 0.583. The summed E-state index contributed by atoms with van der Waals surface area (Å²) in [5, 5.41) is 17.6. The van der Waals surface area contributed by atoms with E-state index >= 15 is 0 Å². The number of ether oxygens (including phenoxy) is 1. The van der Waals surface area contributed by atoms with Crippen LogP contribution >= 0.6 is 0 Å². The Morgan fingerprint density at radius 1 is 1.41 bits per heavy atom. The fourth-order valence-electron chi connectivity index (χ4n) is 1.22. The molecule has 0 spiro atoms. The Hall–Kier alpha value is -2.59. The molecule has 1 rings (SSSR count). The van der Waals surface area contributed by atoms with Gasteiger partial charge in [-0.05, 0) is 30.7 Å². The molecule has 84 valence electrons. The first-order chi connectivity index (χ1) is 8.21. The lowest BCUT2D eigenvalue weighted by molar-refractivity contribution is -0.137. The first-order valence-electron chi connectivity index (χ1n) is 5.00. The molecular formula is C13H10N2O2. The van der Waals surface area contributed by atoms with Crippen molar-refractivity contribution < 1.29 is 9.53 Å². The third-order valence-corrected chi connectivity index (χ3v) is 1.99. The number of hydrogen-bond donors (Lipinski definition) is 0. The molecule has 0 heterocycles. The van der Waals surface area contributed by atoms with Crippen LogP contribution in [-0.4, -0.2) is 12.6 Å². The van der Waals surface area contributed by atoms with Crippen molar-refractivity contribution in [1.29, 1.82) is 10.5 Å². The van der Waals surface area contributed by atoms with E-state index in [9.17, 15) is 4.79 Å². The minimum atomic E-state index is -0.458. The Bertz CT molecular complexity index is 533. The van der Waals surface area contributed by atoms with E-state index in [1.54, 1.807) is 19.1 Å². The van der Waals surface area contributed by atoms with Crippen molar-refractivity contribution in [2.24, 2.45) is 0 Å². The second-order valence-electron chi connectivity index (χ2n) is 3.11. The Morgan fingerprint density at radius 3 is 2.76 bits per heavy atom. The Morgan fingerprint density at radius 2 is 2.18 bits per heavy atom. The summed E-state index contributed by atoms with van der Waals surface area (Å²) in [6.07, 6.45) is 2.75. The largest absolute Gasteiger partial charge is 0.463 e. The Balaban J connectivity index is 2.97. The van der Waals surface area contributed by atoms with Crippen LogP contribution in [0, 0.1) is 22.7 Å². The monoisotopic (exact) mass is 226 g/mol. The van der Waals surface area contributed by atoms with Crippen molar-refractivity contribution in [1.82, 2.24) is 0 Å². The first-order valence-corrected chi connectivity index (χ1v) is 5.00. The van der Waals surface area contributed by atoms with Crippen molar-refractivity contribution in [2.75, 3.05) is 6.61 Å². The van der Waals surface area contributed by atoms with E-state index in [1.807, 2.05) is 12.1 Å². The third kappa shape index (κ3) is 3.48. The van der Waals surface area contributed by atoms with Gasteiger partial charge < -0.3 is 4.74 Å². The number of benzene rings is 1. The molecule has 0 bridgehead atoms. The van der Waals surface area contributed by atoms with Crippen LogP contribution in [-0.2, 0) is 9.53 Å². The van der Waals surface area contributed by atoms with Crippen LogP contribution < -0.4 is 0 Å². The summed E-state index contributed by atoms with van der Waals surface area (Å²) in [6.45, 7) is 2.02. The molecule has 0 radical (unpaired) electrons. The van der Waals surface area contributed by atoms with Gasteiger partial charge in [-0.2, -0.15) is 10.5 Å². The molecule has 0 aliphatic heterocycles. The van der Waals surface area contributed by atoms with Gasteiger partial charge in [-0.1, -0.05) is 6.07 Å². The topological polar surface area (TPSA) is 73.9 Å². The molecule has 0 unspecified atom stereocenters. The van der Waals surface area contributed by atoms with E-state index in [2.05, 4.69) is 0 Å². The average molecular weight is 226 g/mol. The highest BCUT2D eigenvalue weighted by atomic mass is 16.5. The maximum absolute atomic E-state index is 11.1. The van der Waals surface area contributed by atoms with E-state index in [0.717, 1.165) is 0 Å². The predicted molar refractivity (Wildman–Crippen MR) is 61.5 cm³/mol. The number of nitrogens with zero attached hydrogens (tertiary/aromatic N) is 2. The van der Waals surface area contributed by atoms with Crippen LogP contribution in [0.25, 0.3) is 6.08 Å². The number of carbonyl (C=O) groups is 1. The van der Waals surface area contributed by atoms with Crippen LogP contribution in [0.4, 0.5) is 0 Å². The van der Waals surface area contributed by atoms with Crippen molar-refractivity contribution in [2.45, 2.75) is 6.92 Å². The number of carbonyl (C=O) groups excluding carboxylic acids is 1. The summed E-state index contributed by atoms with van der Waals surface area (Å²) >= 11 is 0. The van der Waals surface area contributed by atoms with Crippen molar-refractivity contribution >= 4 is 12.0 Å². The molecule has 0 atom stereocenters. The van der Waals surface area contributed by atoms with Crippen molar-refractivity contribution in [3.05, 3.63) is 41.0 Å². The van der Waals surface area contributed by atoms with E-state index in [1.165, 1.54) is 18.2 Å². The van der Waals surface area contributed by atoms with Crippen LogP contribution in [0.1, 0.15) is 23.6 Å². The van der Waals surface area contributed by atoms with E-state index in [-0.39, 0.29) is 0 Å². The molecule has 4 nitrogen and oxygen atoms in total. The minimum absolute atomic E-state index is 0.307. The number of esters is 1. The molecule has 1 aromatic carbocycles. The second-order valence-corrected chi connectivity index (χ2v) is 3.11. The molecule has 4 heteroatoms. The smallest absolute Gasteiger partial charge is 0.330 e. The van der Waals surface area contributed by atoms with Gasteiger partial charge in [0.2, 0.25) is 0 Å². The zero-order valence-electron chi connectivity index (χ0n) is 9.30. The zero-order chi connectivity index (χ0) is 12.7. The summed E-state index contributed by atoms with van der Waals surface area (Å²) in [5.74, 6) is -0.458. The van der Waals surface area contributed by atoms with Gasteiger partial charge in [0.25, 0.3) is 0 Å². The van der Waals surface area contributed by atoms with E-state index < -0.39 is 5.97 Å². The van der Waals surface area contributed by atoms with Gasteiger partial charge in [0, 0.05) is 6.08 Å². The van der Waals surface area contributed by atoms with Crippen LogP contribution in [0.3, 0.4) is 0 Å². The number of rotatable bonds is 3. The molecule has 0 aliphatic rings. The van der Waals surface area contributed by atoms with Gasteiger partial charge in [-0.25, -0.2) is 4.79 Å². The van der Waals surface area contributed by atoms with Gasteiger partial charge in [0.15, 0.2) is 0 Å². The third-order valence-electron chi connectivity index (χ3n) is 1.99. The highest BCUT2D eigenvalue weighted by Crippen LogP contribution is 2.12. The fraction of sp³-hybridized carbons (Fsp3) is 0.154. The van der Waals surface area contributed by atoms with Crippen molar-refractivity contribution in [3.63, 3.8) is 0 Å². The fourth-order valence-corrected chi connectivity index (χ4v) is 1.22. The molecule has 0 fully saturated rings.